The van der Waals surface area contributed by atoms with E-state index in [-0.39, 0.29) is 0 Å². The Morgan fingerprint density at radius 1 is 1.25 bits per heavy atom. The average Bonchev–Trinajstić information content (AvgIpc) is 2.80. The third kappa shape index (κ3) is 6.62. The molecule has 3 nitrogen and oxygen atoms in total. The first-order valence-corrected chi connectivity index (χ1v) is 6.44. The molecule has 91 valence electrons. The zero-order valence-electron chi connectivity index (χ0n) is 10.4. The van der Waals surface area contributed by atoms with E-state index in [0.29, 0.717) is 0 Å². The van der Waals surface area contributed by atoms with E-state index in [1.807, 2.05) is 18.7 Å². The molecule has 0 aromatic carbocycles. The smallest absolute Gasteiger partial charge is 0.0945 e. The van der Waals surface area contributed by atoms with E-state index in [1.165, 1.54) is 32.1 Å². The van der Waals surface area contributed by atoms with Crippen LogP contribution in [0.1, 0.15) is 45.4 Å². The van der Waals surface area contributed by atoms with Crippen molar-refractivity contribution in [2.45, 2.75) is 52.0 Å². The van der Waals surface area contributed by atoms with E-state index in [9.17, 15) is 0 Å². The Hall–Kier alpha value is -0.830. The van der Waals surface area contributed by atoms with Crippen molar-refractivity contribution >= 4 is 0 Å². The highest BCUT2D eigenvalue weighted by molar-refractivity contribution is 4.74. The lowest BCUT2D eigenvalue weighted by Crippen LogP contribution is -2.13. The molecular formula is C13H24N3. The SMILES string of the molecule is CCCCCC[CH]NCCCn1ccnc1. The van der Waals surface area contributed by atoms with Crippen LogP contribution in [0.4, 0.5) is 0 Å². The minimum Gasteiger partial charge on any atom is -0.337 e. The number of nitrogens with one attached hydrogen (secondary N) is 1. The molecule has 0 saturated carbocycles. The fraction of sp³-hybridized carbons (Fsp3) is 0.692. The van der Waals surface area contributed by atoms with Gasteiger partial charge in [0.25, 0.3) is 0 Å². The van der Waals surface area contributed by atoms with E-state index in [2.05, 4.69) is 28.3 Å². The van der Waals surface area contributed by atoms with Crippen molar-refractivity contribution < 1.29 is 0 Å². The van der Waals surface area contributed by atoms with Gasteiger partial charge in [-0.2, -0.15) is 0 Å². The van der Waals surface area contributed by atoms with Crippen molar-refractivity contribution in [1.82, 2.24) is 14.9 Å². The van der Waals surface area contributed by atoms with Crippen molar-refractivity contribution in [2.24, 2.45) is 0 Å². The summed E-state index contributed by atoms with van der Waals surface area (Å²) in [6, 6.07) is 0. The Bertz CT molecular complexity index is 231. The molecule has 1 N–H and O–H groups in total. The number of aromatic nitrogens is 2. The van der Waals surface area contributed by atoms with Crippen LogP contribution in [0.2, 0.25) is 0 Å². The summed E-state index contributed by atoms with van der Waals surface area (Å²) < 4.78 is 2.11. The molecule has 0 spiro atoms. The van der Waals surface area contributed by atoms with Crippen LogP contribution < -0.4 is 5.32 Å². The topological polar surface area (TPSA) is 29.9 Å². The molecular weight excluding hydrogens is 198 g/mol. The zero-order valence-corrected chi connectivity index (χ0v) is 10.4. The monoisotopic (exact) mass is 222 g/mol. The molecule has 3 heteroatoms. The molecule has 0 atom stereocenters. The number of rotatable bonds is 10. The standard InChI is InChI=1S/C13H24N3/c1-2-3-4-5-6-8-14-9-7-11-16-12-10-15-13-16/h8,10,12-14H,2-7,9,11H2,1H3. The average molecular weight is 222 g/mol. The van der Waals surface area contributed by atoms with Gasteiger partial charge in [-0.05, 0) is 19.4 Å². The number of nitrogens with zero attached hydrogens (tertiary/aromatic N) is 2. The molecule has 0 unspecified atom stereocenters. The molecule has 0 saturated heterocycles. The highest BCUT2D eigenvalue weighted by Gasteiger charge is 1.92. The second kappa shape index (κ2) is 9.40. The molecule has 0 amide bonds. The van der Waals surface area contributed by atoms with Gasteiger partial charge < -0.3 is 9.88 Å². The Balaban J connectivity index is 1.78. The van der Waals surface area contributed by atoms with Crippen LogP contribution in [0.3, 0.4) is 0 Å². The Kier molecular flexibility index (Phi) is 7.78. The molecule has 0 aliphatic heterocycles. The van der Waals surface area contributed by atoms with Crippen molar-refractivity contribution in [3.63, 3.8) is 0 Å². The van der Waals surface area contributed by atoms with Crippen LogP contribution in [0.5, 0.6) is 0 Å². The Labute approximate surface area is 99.3 Å². The van der Waals surface area contributed by atoms with Gasteiger partial charge in [0.15, 0.2) is 0 Å². The quantitative estimate of drug-likeness (QED) is 0.617. The van der Waals surface area contributed by atoms with Crippen molar-refractivity contribution in [3.05, 3.63) is 25.3 Å². The third-order valence-corrected chi connectivity index (χ3v) is 2.64. The number of hydrogen-bond acceptors (Lipinski definition) is 2. The normalized spacial score (nSPS) is 10.8. The maximum absolute atomic E-state index is 4.01. The van der Waals surface area contributed by atoms with E-state index >= 15 is 0 Å². The minimum absolute atomic E-state index is 1.05. The van der Waals surface area contributed by atoms with Gasteiger partial charge in [-0.25, -0.2) is 4.98 Å². The Morgan fingerprint density at radius 3 is 2.94 bits per heavy atom. The molecule has 16 heavy (non-hydrogen) atoms. The fourth-order valence-corrected chi connectivity index (χ4v) is 1.66. The van der Waals surface area contributed by atoms with Crippen LogP contribution in [0.15, 0.2) is 18.7 Å². The molecule has 1 aromatic heterocycles. The maximum atomic E-state index is 4.01. The number of aryl methyl sites for hydroxylation is 1. The molecule has 0 aliphatic rings. The van der Waals surface area contributed by atoms with Crippen LogP contribution in [-0.2, 0) is 6.54 Å². The summed E-state index contributed by atoms with van der Waals surface area (Å²) in [6.45, 7) is 6.57. The summed E-state index contributed by atoms with van der Waals surface area (Å²) in [5, 5.41) is 3.37. The molecule has 0 bridgehead atoms. The van der Waals surface area contributed by atoms with Crippen molar-refractivity contribution in [3.8, 4) is 0 Å². The number of hydrogen-bond donors (Lipinski definition) is 1. The van der Waals surface area contributed by atoms with Crippen LogP contribution >= 0.6 is 0 Å². The van der Waals surface area contributed by atoms with Gasteiger partial charge in [0.1, 0.15) is 0 Å². The Morgan fingerprint density at radius 2 is 2.19 bits per heavy atom. The van der Waals surface area contributed by atoms with E-state index in [0.717, 1.165) is 19.5 Å². The molecule has 1 aromatic rings. The van der Waals surface area contributed by atoms with Crippen molar-refractivity contribution in [2.75, 3.05) is 6.54 Å². The highest BCUT2D eigenvalue weighted by atomic mass is 15.0. The van der Waals surface area contributed by atoms with Gasteiger partial charge in [-0.3, -0.25) is 0 Å². The van der Waals surface area contributed by atoms with Gasteiger partial charge in [0.2, 0.25) is 0 Å². The van der Waals surface area contributed by atoms with E-state index < -0.39 is 0 Å². The predicted molar refractivity (Wildman–Crippen MR) is 67.9 cm³/mol. The second-order valence-corrected chi connectivity index (χ2v) is 4.16. The first-order valence-electron chi connectivity index (χ1n) is 6.44. The summed E-state index contributed by atoms with van der Waals surface area (Å²) >= 11 is 0. The summed E-state index contributed by atoms with van der Waals surface area (Å²) in [7, 11) is 0. The van der Waals surface area contributed by atoms with Crippen molar-refractivity contribution in [1.29, 1.82) is 0 Å². The summed E-state index contributed by atoms with van der Waals surface area (Å²) in [5.41, 5.74) is 0. The predicted octanol–water partition coefficient (Wildman–Crippen LogP) is 2.99. The first kappa shape index (κ1) is 13.2. The fourth-order valence-electron chi connectivity index (χ4n) is 1.66. The molecule has 1 heterocycles. The van der Waals surface area contributed by atoms with Gasteiger partial charge in [0, 0.05) is 25.5 Å². The molecule has 0 fully saturated rings. The van der Waals surface area contributed by atoms with Gasteiger partial charge >= 0.3 is 0 Å². The second-order valence-electron chi connectivity index (χ2n) is 4.16. The zero-order chi connectivity index (χ0) is 11.5. The van der Waals surface area contributed by atoms with Crippen LogP contribution in [0, 0.1) is 6.54 Å². The van der Waals surface area contributed by atoms with Gasteiger partial charge in [-0.1, -0.05) is 32.6 Å². The summed E-state index contributed by atoms with van der Waals surface area (Å²) in [6.07, 6.45) is 13.4. The minimum atomic E-state index is 1.05. The lowest BCUT2D eigenvalue weighted by atomic mass is 10.1. The van der Waals surface area contributed by atoms with E-state index in [1.54, 1.807) is 0 Å². The summed E-state index contributed by atoms with van der Waals surface area (Å²) in [5.74, 6) is 0. The summed E-state index contributed by atoms with van der Waals surface area (Å²) in [4.78, 5) is 4.01. The van der Waals surface area contributed by atoms with Crippen LogP contribution in [-0.4, -0.2) is 16.1 Å². The maximum Gasteiger partial charge on any atom is 0.0945 e. The number of imidazole rings is 1. The lowest BCUT2D eigenvalue weighted by molar-refractivity contribution is 0.587. The van der Waals surface area contributed by atoms with Gasteiger partial charge in [-0.15, -0.1) is 0 Å². The van der Waals surface area contributed by atoms with Gasteiger partial charge in [0.05, 0.1) is 6.33 Å². The highest BCUT2D eigenvalue weighted by Crippen LogP contribution is 2.02. The molecule has 1 radical (unpaired) electrons. The van der Waals surface area contributed by atoms with Crippen LogP contribution in [0.25, 0.3) is 0 Å². The van der Waals surface area contributed by atoms with E-state index in [4.69, 9.17) is 0 Å². The molecule has 0 aliphatic carbocycles. The molecule has 1 rings (SSSR count). The number of unbranched alkanes of at least 4 members (excludes halogenated alkanes) is 4. The third-order valence-electron chi connectivity index (χ3n) is 2.64. The first-order chi connectivity index (χ1) is 7.93. The largest absolute Gasteiger partial charge is 0.337 e. The lowest BCUT2D eigenvalue weighted by Gasteiger charge is -2.04.